The van der Waals surface area contributed by atoms with E-state index in [1.54, 1.807) is 18.9 Å². The molecule has 1 aromatic carbocycles. The fraction of sp³-hybridized carbons (Fsp3) is 0.556. The SMILES string of the molecule is CCOC(=O)CCC(=O)N1Cc2cc(OC)c(OCCCBr)cc2C1. The first-order valence-electron chi connectivity index (χ1n) is 8.41. The van der Waals surface area contributed by atoms with E-state index >= 15 is 0 Å². The lowest BCUT2D eigenvalue weighted by Crippen LogP contribution is -2.25. The number of ether oxygens (including phenoxy) is 3. The van der Waals surface area contributed by atoms with Gasteiger partial charge in [-0.15, -0.1) is 0 Å². The normalized spacial score (nSPS) is 12.7. The predicted octanol–water partition coefficient (Wildman–Crippen LogP) is 3.04. The Balaban J connectivity index is 1.98. The molecule has 7 heteroatoms. The van der Waals surface area contributed by atoms with Crippen molar-refractivity contribution in [1.82, 2.24) is 4.90 Å². The Labute approximate surface area is 156 Å². The number of carbonyl (C=O) groups is 2. The number of halogens is 1. The third-order valence-corrected chi connectivity index (χ3v) is 4.51. The summed E-state index contributed by atoms with van der Waals surface area (Å²) < 4.78 is 16.0. The Morgan fingerprint density at radius 2 is 1.84 bits per heavy atom. The van der Waals surface area contributed by atoms with Crippen LogP contribution in [0.25, 0.3) is 0 Å². The van der Waals surface area contributed by atoms with Crippen LogP contribution in [0.1, 0.15) is 37.3 Å². The van der Waals surface area contributed by atoms with Gasteiger partial charge in [-0.05, 0) is 36.6 Å². The van der Waals surface area contributed by atoms with E-state index in [4.69, 9.17) is 14.2 Å². The highest BCUT2D eigenvalue weighted by atomic mass is 79.9. The van der Waals surface area contributed by atoms with Crippen LogP contribution in [0.5, 0.6) is 11.5 Å². The summed E-state index contributed by atoms with van der Waals surface area (Å²) in [6.45, 7) is 3.73. The molecule has 6 nitrogen and oxygen atoms in total. The number of rotatable bonds is 9. The molecule has 1 aliphatic heterocycles. The Bertz CT molecular complexity index is 620. The molecule has 138 valence electrons. The van der Waals surface area contributed by atoms with Gasteiger partial charge >= 0.3 is 5.97 Å². The maximum atomic E-state index is 12.3. The van der Waals surface area contributed by atoms with Gasteiger partial charge in [0.2, 0.25) is 5.91 Å². The lowest BCUT2D eigenvalue weighted by molar-refractivity contribution is -0.145. The van der Waals surface area contributed by atoms with Crippen molar-refractivity contribution in [1.29, 1.82) is 0 Å². The minimum Gasteiger partial charge on any atom is -0.493 e. The Hall–Kier alpha value is -1.76. The van der Waals surface area contributed by atoms with Gasteiger partial charge in [0.05, 0.1) is 26.7 Å². The monoisotopic (exact) mass is 413 g/mol. The summed E-state index contributed by atoms with van der Waals surface area (Å²) in [7, 11) is 1.61. The zero-order valence-electron chi connectivity index (χ0n) is 14.7. The number of hydrogen-bond donors (Lipinski definition) is 0. The number of nitrogens with zero attached hydrogens (tertiary/aromatic N) is 1. The van der Waals surface area contributed by atoms with E-state index in [1.807, 2.05) is 12.1 Å². The van der Waals surface area contributed by atoms with E-state index in [1.165, 1.54) is 0 Å². The van der Waals surface area contributed by atoms with Crippen molar-refractivity contribution < 1.29 is 23.8 Å². The van der Waals surface area contributed by atoms with Crippen LogP contribution in [0.4, 0.5) is 0 Å². The van der Waals surface area contributed by atoms with Crippen LogP contribution >= 0.6 is 15.9 Å². The first-order valence-corrected chi connectivity index (χ1v) is 9.53. The molecule has 0 N–H and O–H groups in total. The summed E-state index contributed by atoms with van der Waals surface area (Å²) in [6, 6.07) is 3.87. The lowest BCUT2D eigenvalue weighted by atomic mass is 10.1. The second-order valence-electron chi connectivity index (χ2n) is 5.72. The molecule has 1 aliphatic rings. The zero-order chi connectivity index (χ0) is 18.2. The van der Waals surface area contributed by atoms with Crippen molar-refractivity contribution in [2.24, 2.45) is 0 Å². The van der Waals surface area contributed by atoms with E-state index in [-0.39, 0.29) is 24.7 Å². The molecule has 1 amide bonds. The van der Waals surface area contributed by atoms with E-state index in [0.717, 1.165) is 22.9 Å². The average molecular weight is 414 g/mol. The first-order chi connectivity index (χ1) is 12.1. The molecule has 0 fully saturated rings. The van der Waals surface area contributed by atoms with E-state index in [0.29, 0.717) is 37.8 Å². The summed E-state index contributed by atoms with van der Waals surface area (Å²) in [6.07, 6.45) is 1.18. The number of carbonyl (C=O) groups excluding carboxylic acids is 2. The molecule has 0 radical (unpaired) electrons. The fourth-order valence-corrected chi connectivity index (χ4v) is 2.92. The van der Waals surface area contributed by atoms with Gasteiger partial charge in [-0.25, -0.2) is 0 Å². The number of alkyl halides is 1. The van der Waals surface area contributed by atoms with Crippen LogP contribution in [0, 0.1) is 0 Å². The third kappa shape index (κ3) is 5.36. The molecule has 0 unspecified atom stereocenters. The van der Waals surface area contributed by atoms with Crippen LogP contribution in [0.3, 0.4) is 0 Å². The minimum atomic E-state index is -0.336. The summed E-state index contributed by atoms with van der Waals surface area (Å²) in [4.78, 5) is 25.5. The summed E-state index contributed by atoms with van der Waals surface area (Å²) in [5, 5.41) is 0.878. The molecular formula is C18H24BrNO5. The van der Waals surface area contributed by atoms with Crippen molar-refractivity contribution >= 4 is 27.8 Å². The van der Waals surface area contributed by atoms with Crippen LogP contribution in [0.2, 0.25) is 0 Å². The molecule has 0 atom stereocenters. The second kappa shape index (κ2) is 9.65. The van der Waals surface area contributed by atoms with Crippen molar-refractivity contribution in [3.63, 3.8) is 0 Å². The molecule has 0 bridgehead atoms. The van der Waals surface area contributed by atoms with Crippen molar-refractivity contribution in [2.45, 2.75) is 39.3 Å². The van der Waals surface area contributed by atoms with Gasteiger partial charge in [-0.3, -0.25) is 9.59 Å². The molecule has 0 aliphatic carbocycles. The topological polar surface area (TPSA) is 65.1 Å². The maximum absolute atomic E-state index is 12.3. The smallest absolute Gasteiger partial charge is 0.306 e. The van der Waals surface area contributed by atoms with Crippen LogP contribution in [-0.4, -0.2) is 42.4 Å². The molecule has 1 aromatic rings. The molecule has 2 rings (SSSR count). The van der Waals surface area contributed by atoms with Gasteiger partial charge < -0.3 is 19.1 Å². The summed E-state index contributed by atoms with van der Waals surface area (Å²) >= 11 is 3.38. The quantitative estimate of drug-likeness (QED) is 0.353. The highest BCUT2D eigenvalue weighted by molar-refractivity contribution is 9.09. The molecule has 0 saturated carbocycles. The van der Waals surface area contributed by atoms with Gasteiger partial charge in [0.1, 0.15) is 0 Å². The number of methoxy groups -OCH3 is 1. The molecule has 0 aromatic heterocycles. The minimum absolute atomic E-state index is 0.0509. The van der Waals surface area contributed by atoms with Crippen LogP contribution in [0.15, 0.2) is 12.1 Å². The summed E-state index contributed by atoms with van der Waals surface area (Å²) in [5.41, 5.74) is 2.10. The van der Waals surface area contributed by atoms with E-state index in [9.17, 15) is 9.59 Å². The Morgan fingerprint density at radius 3 is 2.44 bits per heavy atom. The Morgan fingerprint density at radius 1 is 1.16 bits per heavy atom. The van der Waals surface area contributed by atoms with Crippen LogP contribution < -0.4 is 9.47 Å². The highest BCUT2D eigenvalue weighted by Crippen LogP contribution is 2.35. The van der Waals surface area contributed by atoms with Crippen molar-refractivity contribution in [3.05, 3.63) is 23.3 Å². The second-order valence-corrected chi connectivity index (χ2v) is 6.51. The highest BCUT2D eigenvalue weighted by Gasteiger charge is 2.25. The average Bonchev–Trinajstić information content (AvgIpc) is 3.02. The molecule has 0 spiro atoms. The molecule has 1 heterocycles. The molecular weight excluding hydrogens is 390 g/mol. The van der Waals surface area contributed by atoms with Gasteiger partial charge in [-0.1, -0.05) is 15.9 Å². The predicted molar refractivity (Wildman–Crippen MR) is 97.0 cm³/mol. The number of fused-ring (bicyclic) bond motifs is 1. The third-order valence-electron chi connectivity index (χ3n) is 3.94. The first kappa shape index (κ1) is 19.6. The summed E-state index contributed by atoms with van der Waals surface area (Å²) in [5.74, 6) is 0.985. The Kier molecular flexibility index (Phi) is 7.55. The maximum Gasteiger partial charge on any atom is 0.306 e. The number of esters is 1. The van der Waals surface area contributed by atoms with Gasteiger partial charge in [0, 0.05) is 24.8 Å². The molecule has 25 heavy (non-hydrogen) atoms. The van der Waals surface area contributed by atoms with Gasteiger partial charge in [0.25, 0.3) is 0 Å². The largest absolute Gasteiger partial charge is 0.493 e. The fourth-order valence-electron chi connectivity index (χ4n) is 2.69. The lowest BCUT2D eigenvalue weighted by Gasteiger charge is -2.14. The van der Waals surface area contributed by atoms with E-state index in [2.05, 4.69) is 15.9 Å². The van der Waals surface area contributed by atoms with Gasteiger partial charge in [-0.2, -0.15) is 0 Å². The number of benzene rings is 1. The standard InChI is InChI=1S/C18H24BrNO5/c1-3-24-18(22)6-5-17(21)20-11-13-9-15(23-2)16(10-14(13)12-20)25-8-4-7-19/h9-10H,3-8,11-12H2,1-2H3. The zero-order valence-corrected chi connectivity index (χ0v) is 16.3. The van der Waals surface area contributed by atoms with Crippen molar-refractivity contribution in [2.75, 3.05) is 25.7 Å². The molecule has 0 saturated heterocycles. The van der Waals surface area contributed by atoms with Crippen molar-refractivity contribution in [3.8, 4) is 11.5 Å². The number of hydrogen-bond acceptors (Lipinski definition) is 5. The van der Waals surface area contributed by atoms with Crippen LogP contribution in [-0.2, 0) is 27.4 Å². The van der Waals surface area contributed by atoms with E-state index < -0.39 is 0 Å². The van der Waals surface area contributed by atoms with Gasteiger partial charge in [0.15, 0.2) is 11.5 Å². The number of amides is 1.